The Labute approximate surface area is 220 Å². The molecule has 198 valence electrons. The summed E-state index contributed by atoms with van der Waals surface area (Å²) in [6.45, 7) is 0. The molecule has 0 saturated carbocycles. The fourth-order valence-electron chi connectivity index (χ4n) is 3.37. The first-order valence-corrected chi connectivity index (χ1v) is 11.4. The van der Waals surface area contributed by atoms with E-state index >= 15 is 0 Å². The third-order valence-electron chi connectivity index (χ3n) is 5.39. The Balaban J connectivity index is 1.86. The van der Waals surface area contributed by atoms with Crippen LogP contribution in [0.1, 0.15) is 21.5 Å². The highest BCUT2D eigenvalue weighted by Crippen LogP contribution is 2.38. The SMILES string of the molecule is COc1cc(C(=O)N/C(=C/c2ccc(F)cc2)C(=O)N/N=C/c2ccc(N(C)C)cc2)cc(OC)c1OC. The van der Waals surface area contributed by atoms with Gasteiger partial charge in [0, 0.05) is 25.3 Å². The van der Waals surface area contributed by atoms with E-state index < -0.39 is 17.6 Å². The van der Waals surface area contributed by atoms with Crippen LogP contribution in [-0.4, -0.2) is 53.5 Å². The summed E-state index contributed by atoms with van der Waals surface area (Å²) >= 11 is 0. The maximum Gasteiger partial charge on any atom is 0.287 e. The van der Waals surface area contributed by atoms with Gasteiger partial charge in [0.05, 0.1) is 27.5 Å². The number of anilines is 1. The van der Waals surface area contributed by atoms with Gasteiger partial charge < -0.3 is 24.4 Å². The molecule has 0 radical (unpaired) electrons. The molecule has 3 aromatic carbocycles. The van der Waals surface area contributed by atoms with Gasteiger partial charge in [0.2, 0.25) is 5.75 Å². The first-order chi connectivity index (χ1) is 18.2. The number of nitrogens with one attached hydrogen (secondary N) is 2. The van der Waals surface area contributed by atoms with E-state index in [0.717, 1.165) is 11.3 Å². The molecule has 0 aromatic heterocycles. The first kappa shape index (κ1) is 27.7. The lowest BCUT2D eigenvalue weighted by molar-refractivity contribution is -0.117. The van der Waals surface area contributed by atoms with Crippen LogP contribution in [0.3, 0.4) is 0 Å². The molecule has 0 aliphatic carbocycles. The van der Waals surface area contributed by atoms with Crippen molar-refractivity contribution in [2.75, 3.05) is 40.3 Å². The highest BCUT2D eigenvalue weighted by atomic mass is 19.1. The van der Waals surface area contributed by atoms with Crippen LogP contribution in [0.4, 0.5) is 10.1 Å². The van der Waals surface area contributed by atoms with Crippen molar-refractivity contribution in [3.05, 3.63) is 88.9 Å². The third-order valence-corrected chi connectivity index (χ3v) is 5.39. The summed E-state index contributed by atoms with van der Waals surface area (Å²) in [6, 6.07) is 15.9. The highest BCUT2D eigenvalue weighted by molar-refractivity contribution is 6.05. The van der Waals surface area contributed by atoms with E-state index in [0.29, 0.717) is 11.3 Å². The Hall–Kier alpha value is -4.86. The van der Waals surface area contributed by atoms with E-state index in [1.165, 1.54) is 70.0 Å². The number of hydrogen-bond acceptors (Lipinski definition) is 7. The third kappa shape index (κ3) is 7.10. The number of hydrogen-bond donors (Lipinski definition) is 2. The van der Waals surface area contributed by atoms with Crippen LogP contribution < -0.4 is 29.9 Å². The first-order valence-electron chi connectivity index (χ1n) is 11.4. The zero-order valence-corrected chi connectivity index (χ0v) is 21.7. The van der Waals surface area contributed by atoms with Crippen LogP contribution in [0.15, 0.2) is 71.5 Å². The van der Waals surface area contributed by atoms with Gasteiger partial charge in [-0.1, -0.05) is 24.3 Å². The molecular weight excluding hydrogens is 491 g/mol. The summed E-state index contributed by atoms with van der Waals surface area (Å²) in [5.74, 6) is -0.864. The molecule has 38 heavy (non-hydrogen) atoms. The van der Waals surface area contributed by atoms with Crippen LogP contribution in [0.2, 0.25) is 0 Å². The van der Waals surface area contributed by atoms with E-state index in [-0.39, 0.29) is 22.8 Å². The average molecular weight is 521 g/mol. The number of carbonyl (C=O) groups is 2. The van der Waals surface area contributed by atoms with Gasteiger partial charge in [0.15, 0.2) is 11.5 Å². The smallest absolute Gasteiger partial charge is 0.287 e. The Morgan fingerprint density at radius 3 is 1.97 bits per heavy atom. The number of halogens is 1. The van der Waals surface area contributed by atoms with Crippen molar-refractivity contribution in [3.63, 3.8) is 0 Å². The average Bonchev–Trinajstić information content (AvgIpc) is 2.93. The highest BCUT2D eigenvalue weighted by Gasteiger charge is 2.19. The van der Waals surface area contributed by atoms with Crippen molar-refractivity contribution in [1.29, 1.82) is 0 Å². The molecule has 0 saturated heterocycles. The minimum absolute atomic E-state index is 0.115. The predicted octanol–water partition coefficient (Wildman–Crippen LogP) is 3.84. The molecule has 3 aromatic rings. The summed E-state index contributed by atoms with van der Waals surface area (Å²) in [5, 5.41) is 6.59. The maximum atomic E-state index is 13.4. The lowest BCUT2D eigenvalue weighted by atomic mass is 10.1. The van der Waals surface area contributed by atoms with E-state index in [2.05, 4.69) is 15.8 Å². The maximum absolute atomic E-state index is 13.4. The van der Waals surface area contributed by atoms with Crippen molar-refractivity contribution < 1.29 is 28.2 Å². The van der Waals surface area contributed by atoms with Gasteiger partial charge in [0.25, 0.3) is 11.8 Å². The Morgan fingerprint density at radius 2 is 1.45 bits per heavy atom. The van der Waals surface area contributed by atoms with Crippen molar-refractivity contribution in [2.45, 2.75) is 0 Å². The molecular formula is C28H29FN4O5. The second-order valence-electron chi connectivity index (χ2n) is 8.16. The van der Waals surface area contributed by atoms with Gasteiger partial charge in [-0.15, -0.1) is 0 Å². The van der Waals surface area contributed by atoms with Gasteiger partial charge >= 0.3 is 0 Å². The largest absolute Gasteiger partial charge is 0.493 e. The summed E-state index contributed by atoms with van der Waals surface area (Å²) < 4.78 is 29.3. The zero-order chi connectivity index (χ0) is 27.7. The molecule has 2 amide bonds. The topological polar surface area (TPSA) is 101 Å². The minimum Gasteiger partial charge on any atom is -0.493 e. The molecule has 0 aliphatic rings. The lowest BCUT2D eigenvalue weighted by Gasteiger charge is -2.14. The second-order valence-corrected chi connectivity index (χ2v) is 8.16. The monoisotopic (exact) mass is 520 g/mol. The Kier molecular flexibility index (Phi) is 9.42. The van der Waals surface area contributed by atoms with Crippen LogP contribution in [-0.2, 0) is 4.79 Å². The minimum atomic E-state index is -0.684. The number of rotatable bonds is 10. The van der Waals surface area contributed by atoms with Crippen LogP contribution in [0.25, 0.3) is 6.08 Å². The molecule has 0 spiro atoms. The van der Waals surface area contributed by atoms with Gasteiger partial charge in [0.1, 0.15) is 11.5 Å². The molecule has 0 atom stereocenters. The Morgan fingerprint density at radius 1 is 0.868 bits per heavy atom. The van der Waals surface area contributed by atoms with E-state index in [4.69, 9.17) is 14.2 Å². The standard InChI is InChI=1S/C28H29FN4O5/c1-33(2)22-12-8-19(9-13-22)17-30-32-28(35)23(14-18-6-10-21(29)11-7-18)31-27(34)20-15-24(36-3)26(38-5)25(16-20)37-4/h6-17H,1-5H3,(H,31,34)(H,32,35)/b23-14+,30-17+. The number of methoxy groups -OCH3 is 3. The number of amides is 2. The molecule has 0 heterocycles. The van der Waals surface area contributed by atoms with Gasteiger partial charge in [-0.3, -0.25) is 9.59 Å². The quantitative estimate of drug-likeness (QED) is 0.239. The molecule has 3 rings (SSSR count). The summed E-state index contributed by atoms with van der Waals surface area (Å²) in [5.41, 5.74) is 4.73. The molecule has 9 nitrogen and oxygen atoms in total. The van der Waals surface area contributed by atoms with Crippen molar-refractivity contribution in [3.8, 4) is 17.2 Å². The van der Waals surface area contributed by atoms with Crippen LogP contribution in [0.5, 0.6) is 17.2 Å². The van der Waals surface area contributed by atoms with Crippen LogP contribution in [0, 0.1) is 5.82 Å². The lowest BCUT2D eigenvalue weighted by Crippen LogP contribution is -2.32. The summed E-state index contributed by atoms with van der Waals surface area (Å²) in [6.07, 6.45) is 2.89. The van der Waals surface area contributed by atoms with Crippen molar-refractivity contribution >= 4 is 29.8 Å². The Bertz CT molecular complexity index is 1310. The summed E-state index contributed by atoms with van der Waals surface area (Å²) in [4.78, 5) is 28.1. The predicted molar refractivity (Wildman–Crippen MR) is 144 cm³/mol. The number of ether oxygens (including phenoxy) is 3. The molecule has 10 heteroatoms. The zero-order valence-electron chi connectivity index (χ0n) is 21.7. The normalized spacial score (nSPS) is 11.2. The van der Waals surface area contributed by atoms with E-state index in [1.807, 2.05) is 43.3 Å². The number of nitrogens with zero attached hydrogens (tertiary/aromatic N) is 2. The fraction of sp³-hybridized carbons (Fsp3) is 0.179. The molecule has 0 bridgehead atoms. The van der Waals surface area contributed by atoms with Crippen molar-refractivity contribution in [1.82, 2.24) is 10.7 Å². The molecule has 0 aliphatic heterocycles. The second kappa shape index (κ2) is 12.9. The molecule has 2 N–H and O–H groups in total. The number of hydrazone groups is 1. The van der Waals surface area contributed by atoms with Gasteiger partial charge in [-0.05, 0) is 53.6 Å². The number of benzene rings is 3. The van der Waals surface area contributed by atoms with E-state index in [1.54, 1.807) is 0 Å². The van der Waals surface area contributed by atoms with Crippen molar-refractivity contribution in [2.24, 2.45) is 5.10 Å². The van der Waals surface area contributed by atoms with Crippen LogP contribution >= 0.6 is 0 Å². The summed E-state index contributed by atoms with van der Waals surface area (Å²) in [7, 11) is 8.18. The van der Waals surface area contributed by atoms with E-state index in [9.17, 15) is 14.0 Å². The number of carbonyl (C=O) groups excluding carboxylic acids is 2. The molecule has 0 fully saturated rings. The van der Waals surface area contributed by atoms with Gasteiger partial charge in [-0.25, -0.2) is 9.82 Å². The van der Waals surface area contributed by atoms with Gasteiger partial charge in [-0.2, -0.15) is 5.10 Å². The fourth-order valence-corrected chi connectivity index (χ4v) is 3.37. The molecule has 0 unspecified atom stereocenters.